The van der Waals surface area contributed by atoms with Crippen molar-refractivity contribution in [1.82, 2.24) is 30.8 Å². The number of hydrogen-bond donors (Lipinski definition) is 3. The number of rotatable bonds is 8. The highest BCUT2D eigenvalue weighted by Crippen LogP contribution is 2.38. The maximum absolute atomic E-state index is 12.4. The summed E-state index contributed by atoms with van der Waals surface area (Å²) in [4.78, 5) is 13.8. The van der Waals surface area contributed by atoms with E-state index in [1.165, 1.54) is 4.90 Å². The van der Waals surface area contributed by atoms with Crippen molar-refractivity contribution in [1.29, 1.82) is 0 Å². The molecule has 27 heavy (non-hydrogen) atoms. The first-order chi connectivity index (χ1) is 12.9. The number of carbonyl (C=O) groups excluding carboxylic acids is 1. The zero-order chi connectivity index (χ0) is 19.0. The molecule has 3 saturated heterocycles. The third-order valence-electron chi connectivity index (χ3n) is 5.05. The van der Waals surface area contributed by atoms with Gasteiger partial charge in [-0.25, -0.2) is 4.79 Å². The molecule has 0 radical (unpaired) electrons. The van der Waals surface area contributed by atoms with Gasteiger partial charge in [-0.3, -0.25) is 4.55 Å². The number of aromatic nitrogens is 2. The molecular weight excluding hydrogens is 380 g/mol. The molecule has 3 N–H and O–H groups in total. The lowest BCUT2D eigenvalue weighted by molar-refractivity contribution is -0.0317. The second kappa shape index (κ2) is 7.31. The zero-order valence-corrected chi connectivity index (χ0v) is 15.4. The molecule has 2 atom stereocenters. The Bertz CT molecular complexity index is 796. The Morgan fingerprint density at radius 2 is 2.15 bits per heavy atom. The molecule has 2 unspecified atom stereocenters. The monoisotopic (exact) mass is 402 g/mol. The quantitative estimate of drug-likeness (QED) is 0.374. The lowest BCUT2D eigenvalue weighted by atomic mass is 10.0. The Morgan fingerprint density at radius 3 is 2.85 bits per heavy atom. The molecule has 4 heterocycles. The number of hydroxylamine groups is 2. The molecule has 12 nitrogen and oxygen atoms in total. The van der Waals surface area contributed by atoms with Crippen LogP contribution in [0.1, 0.15) is 37.1 Å². The molecular formula is C14H22N6O6S. The summed E-state index contributed by atoms with van der Waals surface area (Å²) in [6.07, 6.45) is 2.55. The average molecular weight is 402 g/mol. The van der Waals surface area contributed by atoms with Gasteiger partial charge in [-0.05, 0) is 25.8 Å². The summed E-state index contributed by atoms with van der Waals surface area (Å²) in [5.41, 5.74) is 0. The van der Waals surface area contributed by atoms with Gasteiger partial charge in [0, 0.05) is 32.1 Å². The summed E-state index contributed by atoms with van der Waals surface area (Å²) in [6.45, 7) is 3.13. The molecule has 0 aliphatic carbocycles. The number of piperidine rings is 1. The van der Waals surface area contributed by atoms with Crippen LogP contribution >= 0.6 is 0 Å². The van der Waals surface area contributed by atoms with Crippen molar-refractivity contribution < 1.29 is 26.5 Å². The van der Waals surface area contributed by atoms with E-state index in [-0.39, 0.29) is 6.54 Å². The van der Waals surface area contributed by atoms with E-state index in [1.54, 1.807) is 0 Å². The highest BCUT2D eigenvalue weighted by molar-refractivity contribution is 7.80. The van der Waals surface area contributed by atoms with Crippen LogP contribution in [0, 0.1) is 0 Å². The summed E-state index contributed by atoms with van der Waals surface area (Å²) in [5, 5.41) is 15.4. The van der Waals surface area contributed by atoms with Crippen LogP contribution in [0.15, 0.2) is 4.42 Å². The van der Waals surface area contributed by atoms with Crippen molar-refractivity contribution >= 4 is 16.4 Å². The van der Waals surface area contributed by atoms with Gasteiger partial charge in [0.1, 0.15) is 6.04 Å². The number of amides is 2. The number of aryl methyl sites for hydroxylation is 1. The van der Waals surface area contributed by atoms with Crippen LogP contribution in [0.2, 0.25) is 0 Å². The first kappa shape index (κ1) is 18.6. The molecule has 1 aromatic heterocycles. The molecule has 2 bridgehead atoms. The van der Waals surface area contributed by atoms with E-state index in [4.69, 9.17) is 8.97 Å². The van der Waals surface area contributed by atoms with E-state index in [9.17, 15) is 13.2 Å². The standard InChI is InChI=1S/C14H22N6O6S/c21-14-19-8-10(20(14)26-27(22,23)24)3-4-11(19)13-18-17-12(25-13)2-1-5-16-9-6-15-7-9/h9-11,15-16H,1-8H2,(H,22,23,24). The number of carbonyl (C=O) groups is 1. The van der Waals surface area contributed by atoms with Gasteiger partial charge >= 0.3 is 16.4 Å². The minimum Gasteiger partial charge on any atom is -0.423 e. The molecule has 13 heteroatoms. The summed E-state index contributed by atoms with van der Waals surface area (Å²) in [5.74, 6) is 0.847. The molecule has 2 amide bonds. The van der Waals surface area contributed by atoms with Gasteiger partial charge in [-0.2, -0.15) is 13.5 Å². The lowest BCUT2D eigenvalue weighted by Crippen LogP contribution is -2.55. The van der Waals surface area contributed by atoms with Crippen LogP contribution in [0.5, 0.6) is 0 Å². The summed E-state index contributed by atoms with van der Waals surface area (Å²) < 4.78 is 40.8. The normalized spacial score (nSPS) is 25.9. The van der Waals surface area contributed by atoms with E-state index >= 15 is 0 Å². The fourth-order valence-corrected chi connectivity index (χ4v) is 3.96. The molecule has 3 aliphatic rings. The Hall–Kier alpha value is -1.80. The SMILES string of the molecule is O=C1N2CC(CCC2c2nnc(CCCNC3CNC3)o2)N1OS(=O)(=O)O. The lowest BCUT2D eigenvalue weighted by Gasteiger charge is -2.28. The maximum atomic E-state index is 12.4. The third-order valence-corrected chi connectivity index (χ3v) is 5.40. The van der Waals surface area contributed by atoms with Crippen LogP contribution in [-0.2, 0) is 21.1 Å². The van der Waals surface area contributed by atoms with Crippen molar-refractivity contribution in [3.63, 3.8) is 0 Å². The average Bonchev–Trinajstić information content (AvgIpc) is 3.12. The maximum Gasteiger partial charge on any atom is 0.418 e. The van der Waals surface area contributed by atoms with E-state index in [0.29, 0.717) is 42.1 Å². The Kier molecular flexibility index (Phi) is 5.03. The summed E-state index contributed by atoms with van der Waals surface area (Å²) >= 11 is 0. The highest BCUT2D eigenvalue weighted by Gasteiger charge is 2.49. The van der Waals surface area contributed by atoms with Crippen molar-refractivity contribution in [3.05, 3.63) is 11.8 Å². The number of urea groups is 1. The van der Waals surface area contributed by atoms with Crippen molar-refractivity contribution in [2.24, 2.45) is 0 Å². The Labute approximate surface area is 156 Å². The van der Waals surface area contributed by atoms with Crippen LogP contribution in [0.4, 0.5) is 4.79 Å². The predicted octanol–water partition coefficient (Wildman–Crippen LogP) is -0.761. The number of fused-ring (bicyclic) bond motifs is 2. The smallest absolute Gasteiger partial charge is 0.418 e. The minimum atomic E-state index is -4.76. The van der Waals surface area contributed by atoms with Gasteiger partial charge in [-0.1, -0.05) is 0 Å². The highest BCUT2D eigenvalue weighted by atomic mass is 32.3. The summed E-state index contributed by atoms with van der Waals surface area (Å²) in [7, 11) is -4.76. The van der Waals surface area contributed by atoms with Crippen LogP contribution in [-0.4, -0.2) is 77.4 Å². The molecule has 1 aromatic rings. The summed E-state index contributed by atoms with van der Waals surface area (Å²) in [6, 6.07) is -0.972. The van der Waals surface area contributed by atoms with Gasteiger partial charge in [0.15, 0.2) is 0 Å². The van der Waals surface area contributed by atoms with Crippen LogP contribution in [0.25, 0.3) is 0 Å². The predicted molar refractivity (Wildman–Crippen MR) is 89.6 cm³/mol. The second-order valence-electron chi connectivity index (χ2n) is 6.96. The van der Waals surface area contributed by atoms with Crippen molar-refractivity contribution in [2.45, 2.75) is 43.8 Å². The van der Waals surface area contributed by atoms with Crippen molar-refractivity contribution in [2.75, 3.05) is 26.2 Å². The van der Waals surface area contributed by atoms with E-state index < -0.39 is 28.5 Å². The number of hydrogen-bond acceptors (Lipinski definition) is 9. The number of nitrogens with one attached hydrogen (secondary N) is 2. The zero-order valence-electron chi connectivity index (χ0n) is 14.6. The first-order valence-electron chi connectivity index (χ1n) is 8.94. The first-order valence-corrected chi connectivity index (χ1v) is 10.3. The largest absolute Gasteiger partial charge is 0.423 e. The van der Waals surface area contributed by atoms with Gasteiger partial charge in [0.05, 0.1) is 6.04 Å². The molecule has 0 saturated carbocycles. The van der Waals surface area contributed by atoms with Gasteiger partial charge in [-0.15, -0.1) is 14.5 Å². The fraction of sp³-hybridized carbons (Fsp3) is 0.786. The van der Waals surface area contributed by atoms with Crippen molar-refractivity contribution in [3.8, 4) is 0 Å². The van der Waals surface area contributed by atoms with E-state index in [0.717, 1.165) is 26.1 Å². The molecule has 3 aliphatic heterocycles. The Balaban J connectivity index is 1.34. The fourth-order valence-electron chi connectivity index (χ4n) is 3.57. The molecule has 4 rings (SSSR count). The van der Waals surface area contributed by atoms with Gasteiger partial charge in [0.25, 0.3) is 0 Å². The van der Waals surface area contributed by atoms with E-state index in [2.05, 4.69) is 25.1 Å². The molecule has 150 valence electrons. The molecule has 0 spiro atoms. The minimum absolute atomic E-state index is 0.274. The number of nitrogens with zero attached hydrogens (tertiary/aromatic N) is 4. The van der Waals surface area contributed by atoms with Crippen LogP contribution in [0.3, 0.4) is 0 Å². The third kappa shape index (κ3) is 4.06. The second-order valence-corrected chi connectivity index (χ2v) is 7.96. The Morgan fingerprint density at radius 1 is 1.33 bits per heavy atom. The molecule has 3 fully saturated rings. The molecule has 0 aromatic carbocycles. The van der Waals surface area contributed by atoms with E-state index in [1.807, 2.05) is 0 Å². The van der Waals surface area contributed by atoms with Crippen LogP contribution < -0.4 is 10.6 Å². The van der Waals surface area contributed by atoms with Gasteiger partial charge in [0.2, 0.25) is 11.8 Å². The van der Waals surface area contributed by atoms with Gasteiger partial charge < -0.3 is 20.0 Å². The topological polar surface area (TPSA) is 150 Å².